The molecule has 2 atom stereocenters. The summed E-state index contributed by atoms with van der Waals surface area (Å²) in [5.41, 5.74) is 0.311. The van der Waals surface area contributed by atoms with Crippen molar-refractivity contribution < 1.29 is 9.90 Å². The normalized spacial score (nSPS) is 29.7. The number of rotatable bonds is 4. The van der Waals surface area contributed by atoms with Gasteiger partial charge in [-0.15, -0.1) is 0 Å². The van der Waals surface area contributed by atoms with Gasteiger partial charge in [-0.3, -0.25) is 9.78 Å². The van der Waals surface area contributed by atoms with E-state index in [0.717, 1.165) is 18.5 Å². The van der Waals surface area contributed by atoms with E-state index in [4.69, 9.17) is 0 Å². The number of aliphatic hydroxyl groups is 1. The molecule has 1 aromatic heterocycles. The molecule has 1 aliphatic heterocycles. The van der Waals surface area contributed by atoms with Gasteiger partial charge in [0.25, 0.3) is 0 Å². The second kappa shape index (κ2) is 5.17. The van der Waals surface area contributed by atoms with Crippen LogP contribution in [0.25, 0.3) is 0 Å². The molecule has 4 nitrogen and oxygen atoms in total. The van der Waals surface area contributed by atoms with E-state index < -0.39 is 5.60 Å². The molecular formula is C16H22N2O2. The zero-order valence-electron chi connectivity index (χ0n) is 12.0. The summed E-state index contributed by atoms with van der Waals surface area (Å²) in [6.45, 7) is 3.26. The van der Waals surface area contributed by atoms with Crippen molar-refractivity contribution in [3.05, 3.63) is 30.1 Å². The number of carbonyl (C=O) groups excluding carboxylic acids is 1. The number of hydrogen-bond donors (Lipinski definition) is 1. The Labute approximate surface area is 119 Å². The van der Waals surface area contributed by atoms with Crippen LogP contribution in [0.4, 0.5) is 0 Å². The number of aromatic nitrogens is 1. The van der Waals surface area contributed by atoms with Gasteiger partial charge in [0.15, 0.2) is 0 Å². The molecule has 0 unspecified atom stereocenters. The van der Waals surface area contributed by atoms with Crippen LogP contribution in [0.3, 0.4) is 0 Å². The van der Waals surface area contributed by atoms with Crippen LogP contribution >= 0.6 is 0 Å². The Morgan fingerprint density at radius 3 is 2.95 bits per heavy atom. The van der Waals surface area contributed by atoms with Crippen LogP contribution in [0.15, 0.2) is 24.4 Å². The molecule has 108 valence electrons. The lowest BCUT2D eigenvalue weighted by atomic mass is 9.88. The Kier molecular flexibility index (Phi) is 3.50. The molecular weight excluding hydrogens is 252 g/mol. The fourth-order valence-electron chi connectivity index (χ4n) is 3.26. The lowest BCUT2D eigenvalue weighted by Gasteiger charge is -2.26. The van der Waals surface area contributed by atoms with Crippen molar-refractivity contribution in [1.82, 2.24) is 9.88 Å². The van der Waals surface area contributed by atoms with Crippen molar-refractivity contribution in [3.63, 3.8) is 0 Å². The monoisotopic (exact) mass is 274 g/mol. The maximum Gasteiger partial charge on any atom is 0.223 e. The van der Waals surface area contributed by atoms with Crippen molar-refractivity contribution in [1.29, 1.82) is 0 Å². The summed E-state index contributed by atoms with van der Waals surface area (Å²) >= 11 is 0. The second-order valence-corrected chi connectivity index (χ2v) is 6.26. The Balaban J connectivity index is 1.56. The van der Waals surface area contributed by atoms with E-state index in [0.29, 0.717) is 31.8 Å². The lowest BCUT2D eigenvalue weighted by Crippen LogP contribution is -2.40. The molecule has 0 aromatic carbocycles. The summed E-state index contributed by atoms with van der Waals surface area (Å²) in [6.07, 6.45) is 5.12. The fraction of sp³-hybridized carbons (Fsp3) is 0.625. The number of pyridine rings is 1. The first-order valence-electron chi connectivity index (χ1n) is 7.49. The van der Waals surface area contributed by atoms with Gasteiger partial charge in [-0.05, 0) is 37.3 Å². The number of amides is 1. The quantitative estimate of drug-likeness (QED) is 0.908. The molecule has 1 N–H and O–H groups in total. The van der Waals surface area contributed by atoms with E-state index in [9.17, 15) is 9.90 Å². The van der Waals surface area contributed by atoms with E-state index in [2.05, 4.69) is 11.9 Å². The molecule has 0 bridgehead atoms. The van der Waals surface area contributed by atoms with E-state index in [1.54, 1.807) is 6.20 Å². The van der Waals surface area contributed by atoms with Crippen molar-refractivity contribution in [2.45, 2.75) is 38.2 Å². The van der Waals surface area contributed by atoms with Crippen LogP contribution in [-0.4, -0.2) is 39.6 Å². The maximum atomic E-state index is 12.3. The Morgan fingerprint density at radius 1 is 1.50 bits per heavy atom. The summed E-state index contributed by atoms with van der Waals surface area (Å²) in [4.78, 5) is 18.4. The van der Waals surface area contributed by atoms with Crippen LogP contribution in [0.1, 0.15) is 31.9 Å². The summed E-state index contributed by atoms with van der Waals surface area (Å²) in [5, 5.41) is 10.7. The fourth-order valence-corrected chi connectivity index (χ4v) is 3.26. The smallest absolute Gasteiger partial charge is 0.223 e. The molecule has 1 amide bonds. The zero-order chi connectivity index (χ0) is 14.2. The molecule has 2 fully saturated rings. The molecule has 3 rings (SSSR count). The molecule has 1 saturated heterocycles. The largest absolute Gasteiger partial charge is 0.387 e. The first-order valence-corrected chi connectivity index (χ1v) is 7.49. The van der Waals surface area contributed by atoms with E-state index in [-0.39, 0.29) is 11.8 Å². The van der Waals surface area contributed by atoms with E-state index in [1.165, 1.54) is 0 Å². The van der Waals surface area contributed by atoms with Crippen molar-refractivity contribution in [3.8, 4) is 0 Å². The average Bonchev–Trinajstić information content (AvgIpc) is 3.26. The topological polar surface area (TPSA) is 53.4 Å². The van der Waals surface area contributed by atoms with Crippen LogP contribution in [-0.2, 0) is 11.2 Å². The predicted molar refractivity (Wildman–Crippen MR) is 76.0 cm³/mol. The van der Waals surface area contributed by atoms with Crippen LogP contribution in [0, 0.1) is 11.8 Å². The third kappa shape index (κ3) is 2.57. The molecule has 2 aliphatic rings. The maximum absolute atomic E-state index is 12.3. The molecule has 20 heavy (non-hydrogen) atoms. The minimum atomic E-state index is -0.638. The highest BCUT2D eigenvalue weighted by molar-refractivity contribution is 5.77. The number of nitrogens with zero attached hydrogens (tertiary/aromatic N) is 2. The van der Waals surface area contributed by atoms with Crippen LogP contribution < -0.4 is 0 Å². The standard InChI is InChI=1S/C16H22N2O2/c1-12-10-18(11-16(12,20)13-5-6-13)15(19)8-7-14-4-2-3-9-17-14/h2-4,9,12-13,20H,5-8,10-11H2,1H3/t12-,16+/m1/s1. The third-order valence-corrected chi connectivity index (χ3v) is 4.75. The van der Waals surface area contributed by atoms with Gasteiger partial charge in [0.2, 0.25) is 5.91 Å². The molecule has 2 heterocycles. The molecule has 1 aliphatic carbocycles. The van der Waals surface area contributed by atoms with Crippen molar-refractivity contribution in [2.75, 3.05) is 13.1 Å². The Hall–Kier alpha value is -1.42. The average molecular weight is 274 g/mol. The number of β-amino-alcohol motifs (C(OH)–C–C–N with tert-alkyl or cyclic N) is 1. The second-order valence-electron chi connectivity index (χ2n) is 6.26. The molecule has 1 aromatic rings. The zero-order valence-corrected chi connectivity index (χ0v) is 12.0. The van der Waals surface area contributed by atoms with Gasteiger partial charge >= 0.3 is 0 Å². The third-order valence-electron chi connectivity index (χ3n) is 4.75. The van der Waals surface area contributed by atoms with Gasteiger partial charge in [-0.2, -0.15) is 0 Å². The highest BCUT2D eigenvalue weighted by Crippen LogP contribution is 2.47. The van der Waals surface area contributed by atoms with Gasteiger partial charge in [-0.25, -0.2) is 0 Å². The van der Waals surface area contributed by atoms with Gasteiger partial charge in [0.1, 0.15) is 0 Å². The van der Waals surface area contributed by atoms with Gasteiger partial charge in [0.05, 0.1) is 5.60 Å². The van der Waals surface area contributed by atoms with Crippen LogP contribution in [0.5, 0.6) is 0 Å². The lowest BCUT2D eigenvalue weighted by molar-refractivity contribution is -0.131. The molecule has 1 saturated carbocycles. The summed E-state index contributed by atoms with van der Waals surface area (Å²) < 4.78 is 0. The minimum absolute atomic E-state index is 0.138. The first-order chi connectivity index (χ1) is 9.59. The number of likely N-dealkylation sites (tertiary alicyclic amines) is 1. The van der Waals surface area contributed by atoms with E-state index in [1.807, 2.05) is 23.1 Å². The molecule has 0 spiro atoms. The van der Waals surface area contributed by atoms with Gasteiger partial charge in [-0.1, -0.05) is 13.0 Å². The summed E-state index contributed by atoms with van der Waals surface area (Å²) in [5.74, 6) is 0.735. The Morgan fingerprint density at radius 2 is 2.30 bits per heavy atom. The predicted octanol–water partition coefficient (Wildman–Crippen LogP) is 1.63. The highest BCUT2D eigenvalue weighted by atomic mass is 16.3. The van der Waals surface area contributed by atoms with Crippen molar-refractivity contribution in [2.24, 2.45) is 11.8 Å². The van der Waals surface area contributed by atoms with Gasteiger partial charge < -0.3 is 10.0 Å². The van der Waals surface area contributed by atoms with Gasteiger partial charge in [0, 0.05) is 37.3 Å². The van der Waals surface area contributed by atoms with E-state index >= 15 is 0 Å². The minimum Gasteiger partial charge on any atom is -0.387 e. The van der Waals surface area contributed by atoms with Crippen molar-refractivity contribution >= 4 is 5.91 Å². The summed E-state index contributed by atoms with van der Waals surface area (Å²) in [7, 11) is 0. The number of hydrogen-bond acceptors (Lipinski definition) is 3. The highest BCUT2D eigenvalue weighted by Gasteiger charge is 2.53. The van der Waals surface area contributed by atoms with Crippen LogP contribution in [0.2, 0.25) is 0 Å². The number of carbonyl (C=O) groups is 1. The summed E-state index contributed by atoms with van der Waals surface area (Å²) in [6, 6.07) is 5.76. The molecule has 4 heteroatoms. The molecule has 0 radical (unpaired) electrons. The SMILES string of the molecule is C[C@@H]1CN(C(=O)CCc2ccccn2)C[C@@]1(O)C1CC1. The number of aryl methyl sites for hydroxylation is 1. The Bertz CT molecular complexity index is 487. The first kappa shape index (κ1) is 13.6.